The second kappa shape index (κ2) is 10.8. The Balaban J connectivity index is 1.98. The molecule has 0 bridgehead atoms. The number of hydrogen-bond acceptors (Lipinski definition) is 6. The summed E-state index contributed by atoms with van der Waals surface area (Å²) >= 11 is 1.22. The smallest absolute Gasteiger partial charge is 0.264 e. The zero-order valence-electron chi connectivity index (χ0n) is 21.3. The molecule has 2 aromatic carbocycles. The van der Waals surface area contributed by atoms with Crippen molar-refractivity contribution in [3.05, 3.63) is 81.3 Å². The zero-order chi connectivity index (χ0) is 25.9. The zero-order valence-corrected chi connectivity index (χ0v) is 22.9. The van der Waals surface area contributed by atoms with Gasteiger partial charge in [-0.25, -0.2) is 0 Å². The van der Waals surface area contributed by atoms with Crippen molar-refractivity contribution in [2.24, 2.45) is 5.16 Å². The van der Waals surface area contributed by atoms with Gasteiger partial charge in [0, 0.05) is 4.91 Å². The molecule has 0 radical (unpaired) electrons. The van der Waals surface area contributed by atoms with E-state index in [0.717, 1.165) is 27.8 Å². The minimum Gasteiger partial charge on any atom is -0.264 e. The van der Waals surface area contributed by atoms with Gasteiger partial charge < -0.3 is 0 Å². The number of rotatable bonds is 7. The van der Waals surface area contributed by atoms with Gasteiger partial charge in [-0.3, -0.25) is 4.28 Å². The SMILES string of the molecule is Cc1ccccc1/C(C#N)=C1C=C/C(=N/OS(=O)(=O)c2c(C(C)C)cc(C(C)C)cc2C(C)C)S\1. The van der Waals surface area contributed by atoms with Gasteiger partial charge in [-0.2, -0.15) is 13.7 Å². The van der Waals surface area contributed by atoms with Crippen LogP contribution < -0.4 is 0 Å². The van der Waals surface area contributed by atoms with Gasteiger partial charge in [0.25, 0.3) is 0 Å². The van der Waals surface area contributed by atoms with Gasteiger partial charge in [0.2, 0.25) is 0 Å². The summed E-state index contributed by atoms with van der Waals surface area (Å²) in [6.07, 6.45) is 3.43. The third-order valence-corrected chi connectivity index (χ3v) is 8.14. The van der Waals surface area contributed by atoms with E-state index in [9.17, 15) is 13.7 Å². The first-order valence-electron chi connectivity index (χ1n) is 11.7. The first-order valence-corrected chi connectivity index (χ1v) is 13.9. The minimum atomic E-state index is -4.16. The van der Waals surface area contributed by atoms with Crippen LogP contribution in [0.1, 0.15) is 87.1 Å². The molecule has 0 N–H and O–H groups in total. The van der Waals surface area contributed by atoms with Crippen LogP contribution in [0.5, 0.6) is 0 Å². The molecular formula is C28H32N2O3S2. The first-order chi connectivity index (χ1) is 16.5. The van der Waals surface area contributed by atoms with Crippen molar-refractivity contribution >= 4 is 32.5 Å². The van der Waals surface area contributed by atoms with Crippen LogP contribution in [0.3, 0.4) is 0 Å². The maximum atomic E-state index is 13.4. The average Bonchev–Trinajstić information content (AvgIpc) is 3.27. The van der Waals surface area contributed by atoms with Gasteiger partial charge in [-0.15, -0.1) is 0 Å². The van der Waals surface area contributed by atoms with Crippen LogP contribution in [0.2, 0.25) is 0 Å². The van der Waals surface area contributed by atoms with Crippen LogP contribution in [-0.2, 0) is 14.4 Å². The van der Waals surface area contributed by atoms with Crippen LogP contribution >= 0.6 is 11.8 Å². The fraction of sp³-hybridized carbons (Fsp3) is 0.357. The summed E-state index contributed by atoms with van der Waals surface area (Å²) in [6.45, 7) is 14.1. The second-order valence-corrected chi connectivity index (χ2v) is 12.1. The molecule has 0 aromatic heterocycles. The van der Waals surface area contributed by atoms with E-state index in [2.05, 4.69) is 25.1 Å². The molecule has 0 atom stereocenters. The molecule has 3 rings (SSSR count). The van der Waals surface area contributed by atoms with Crippen LogP contribution in [-0.4, -0.2) is 13.5 Å². The largest absolute Gasteiger partial charge is 0.359 e. The number of allylic oxidation sites excluding steroid dienone is 2. The summed E-state index contributed by atoms with van der Waals surface area (Å²) in [7, 11) is -4.16. The molecular weight excluding hydrogens is 476 g/mol. The molecule has 0 aliphatic carbocycles. The Hall–Kier alpha value is -2.82. The summed E-state index contributed by atoms with van der Waals surface area (Å²) in [4.78, 5) is 0.908. The van der Waals surface area contributed by atoms with Crippen molar-refractivity contribution in [1.29, 1.82) is 5.26 Å². The maximum Gasteiger partial charge on any atom is 0.359 e. The molecule has 1 heterocycles. The molecule has 35 heavy (non-hydrogen) atoms. The Kier molecular flexibility index (Phi) is 8.30. The molecule has 0 saturated carbocycles. The lowest BCUT2D eigenvalue weighted by atomic mass is 9.89. The highest BCUT2D eigenvalue weighted by Crippen LogP contribution is 2.38. The summed E-state index contributed by atoms with van der Waals surface area (Å²) < 4.78 is 32.1. The minimum absolute atomic E-state index is 0.00480. The number of thioether (sulfide) groups is 1. The summed E-state index contributed by atoms with van der Waals surface area (Å²) in [5, 5.41) is 14.1. The molecule has 0 unspecified atom stereocenters. The predicted molar refractivity (Wildman–Crippen MR) is 145 cm³/mol. The number of oxime groups is 1. The van der Waals surface area contributed by atoms with Gasteiger partial charge in [0.1, 0.15) is 16.0 Å². The lowest BCUT2D eigenvalue weighted by Gasteiger charge is -2.21. The molecule has 7 heteroatoms. The standard InChI is InChI=1S/C28H32N2O3S2/c1-17(2)21-14-23(18(3)4)28(24(15-21)19(5)6)35(31,32)33-30-27-13-12-26(34-27)25(16-29)22-11-9-8-10-20(22)7/h8-15,17-19H,1-7H3/b26-25+,30-27-. The molecule has 0 spiro atoms. The van der Waals surface area contributed by atoms with E-state index in [4.69, 9.17) is 4.28 Å². The number of benzene rings is 2. The molecule has 0 fully saturated rings. The highest BCUT2D eigenvalue weighted by Gasteiger charge is 2.29. The van der Waals surface area contributed by atoms with Crippen molar-refractivity contribution < 1.29 is 12.7 Å². The fourth-order valence-electron chi connectivity index (χ4n) is 3.91. The Bertz CT molecular complexity index is 1330. The Morgan fingerprint density at radius 3 is 2.09 bits per heavy atom. The summed E-state index contributed by atoms with van der Waals surface area (Å²) in [5.41, 5.74) is 4.92. The van der Waals surface area contributed by atoms with Crippen molar-refractivity contribution in [2.45, 2.75) is 71.1 Å². The lowest BCUT2D eigenvalue weighted by Crippen LogP contribution is -2.13. The van der Waals surface area contributed by atoms with E-state index in [1.807, 2.05) is 71.0 Å². The maximum absolute atomic E-state index is 13.4. The summed E-state index contributed by atoms with van der Waals surface area (Å²) in [5.74, 6) is 0.264. The van der Waals surface area contributed by atoms with Gasteiger partial charge in [-0.1, -0.05) is 94.9 Å². The monoisotopic (exact) mass is 508 g/mol. The van der Waals surface area contributed by atoms with E-state index in [-0.39, 0.29) is 22.6 Å². The summed E-state index contributed by atoms with van der Waals surface area (Å²) in [6, 6.07) is 13.9. The third-order valence-electron chi connectivity index (χ3n) is 5.92. The number of nitriles is 1. The first kappa shape index (κ1) is 26.8. The highest BCUT2D eigenvalue weighted by molar-refractivity contribution is 8.18. The van der Waals surface area contributed by atoms with E-state index in [0.29, 0.717) is 15.5 Å². The van der Waals surface area contributed by atoms with Crippen molar-refractivity contribution in [2.75, 3.05) is 0 Å². The van der Waals surface area contributed by atoms with E-state index >= 15 is 0 Å². The molecule has 184 valence electrons. The molecule has 1 aliphatic rings. The normalized spacial score (nSPS) is 16.4. The average molecular weight is 509 g/mol. The van der Waals surface area contributed by atoms with Crippen molar-refractivity contribution in [1.82, 2.24) is 0 Å². The number of nitrogens with zero attached hydrogens (tertiary/aromatic N) is 2. The quantitative estimate of drug-likeness (QED) is 0.284. The van der Waals surface area contributed by atoms with Crippen LogP contribution in [0, 0.1) is 18.3 Å². The lowest BCUT2D eigenvalue weighted by molar-refractivity contribution is 0.339. The molecule has 1 aliphatic heterocycles. The number of aryl methyl sites for hydroxylation is 1. The predicted octanol–water partition coefficient (Wildman–Crippen LogP) is 7.62. The Morgan fingerprint density at radius 2 is 1.57 bits per heavy atom. The van der Waals surface area contributed by atoms with Crippen LogP contribution in [0.4, 0.5) is 0 Å². The Labute approximate surface area is 213 Å². The van der Waals surface area contributed by atoms with Gasteiger partial charge >= 0.3 is 10.1 Å². The Morgan fingerprint density at radius 1 is 0.971 bits per heavy atom. The number of hydrogen-bond donors (Lipinski definition) is 0. The fourth-order valence-corrected chi connectivity index (χ4v) is 6.21. The topological polar surface area (TPSA) is 79.5 Å². The van der Waals surface area contributed by atoms with Gasteiger partial charge in [0.15, 0.2) is 0 Å². The van der Waals surface area contributed by atoms with Crippen LogP contribution in [0.15, 0.2) is 63.5 Å². The second-order valence-electron chi connectivity index (χ2n) is 9.55. The van der Waals surface area contributed by atoms with Crippen molar-refractivity contribution in [3.63, 3.8) is 0 Å². The molecule has 5 nitrogen and oxygen atoms in total. The van der Waals surface area contributed by atoms with E-state index in [1.54, 1.807) is 12.2 Å². The highest BCUT2D eigenvalue weighted by atomic mass is 32.2. The third kappa shape index (κ3) is 5.88. The van der Waals surface area contributed by atoms with Gasteiger partial charge in [-0.05, 0) is 64.6 Å². The van der Waals surface area contributed by atoms with Crippen LogP contribution in [0.25, 0.3) is 5.57 Å². The molecule has 0 amide bonds. The molecule has 0 saturated heterocycles. The van der Waals surface area contributed by atoms with Gasteiger partial charge in [0.05, 0.1) is 5.57 Å². The van der Waals surface area contributed by atoms with E-state index < -0.39 is 10.1 Å². The van der Waals surface area contributed by atoms with Crippen molar-refractivity contribution in [3.8, 4) is 6.07 Å². The molecule has 2 aromatic rings. The van der Waals surface area contributed by atoms with E-state index in [1.165, 1.54) is 11.8 Å².